The van der Waals surface area contributed by atoms with E-state index >= 15 is 0 Å². The summed E-state index contributed by atoms with van der Waals surface area (Å²) in [5.74, 6) is 0.146. The fourth-order valence-electron chi connectivity index (χ4n) is 4.29. The van der Waals surface area contributed by atoms with Crippen molar-refractivity contribution in [3.8, 4) is 0 Å². The van der Waals surface area contributed by atoms with Crippen LogP contribution in [0.4, 0.5) is 0 Å². The van der Waals surface area contributed by atoms with Crippen LogP contribution in [-0.4, -0.2) is 49.2 Å². The van der Waals surface area contributed by atoms with E-state index in [0.717, 1.165) is 25.3 Å². The van der Waals surface area contributed by atoms with E-state index in [9.17, 15) is 4.79 Å². The minimum atomic E-state index is 0.146. The van der Waals surface area contributed by atoms with Crippen LogP contribution >= 0.6 is 11.3 Å². The van der Waals surface area contributed by atoms with Crippen LogP contribution in [0.15, 0.2) is 48.2 Å². The molecule has 3 aromatic heterocycles. The number of hydrogen-bond acceptors (Lipinski definition) is 4. The highest BCUT2D eigenvalue weighted by Crippen LogP contribution is 2.35. The molecule has 0 saturated carbocycles. The summed E-state index contributed by atoms with van der Waals surface area (Å²) >= 11 is 1.72. The largest absolute Gasteiger partial charge is 0.337 e. The summed E-state index contributed by atoms with van der Waals surface area (Å²) in [7, 11) is 1.95. The summed E-state index contributed by atoms with van der Waals surface area (Å²) in [4.78, 5) is 18.9. The first-order valence-corrected chi connectivity index (χ1v) is 9.77. The predicted molar refractivity (Wildman–Crippen MR) is 99.9 cm³/mol. The van der Waals surface area contributed by atoms with Crippen molar-refractivity contribution in [2.75, 3.05) is 13.1 Å². The number of aryl methyl sites for hydroxylation is 1. The molecule has 2 aliphatic rings. The number of amides is 1. The SMILES string of the molecule is Cn1cc(CN2C[C@@H]3[C@H](C2)n2cccc2C(=O)N3Cc2cccs2)cn1. The second kappa shape index (κ2) is 6.10. The second-order valence-corrected chi connectivity index (χ2v) is 8.20. The van der Waals surface area contributed by atoms with E-state index in [-0.39, 0.29) is 11.9 Å². The maximum Gasteiger partial charge on any atom is 0.271 e. The third-order valence-electron chi connectivity index (χ3n) is 5.42. The van der Waals surface area contributed by atoms with Gasteiger partial charge in [0, 0.05) is 49.5 Å². The van der Waals surface area contributed by atoms with Crippen molar-refractivity contribution in [3.63, 3.8) is 0 Å². The number of carbonyl (C=O) groups excluding carboxylic acids is 1. The van der Waals surface area contributed by atoms with Crippen LogP contribution in [0.3, 0.4) is 0 Å². The number of fused-ring (bicyclic) bond motifs is 3. The maximum atomic E-state index is 13.1. The van der Waals surface area contributed by atoms with Gasteiger partial charge in [0.1, 0.15) is 5.69 Å². The average Bonchev–Trinajstić information content (AvgIpc) is 3.39. The maximum absolute atomic E-state index is 13.1. The Morgan fingerprint density at radius 3 is 2.85 bits per heavy atom. The fraction of sp³-hybridized carbons (Fsp3) is 0.368. The first-order valence-electron chi connectivity index (χ1n) is 8.89. The van der Waals surface area contributed by atoms with Gasteiger partial charge in [-0.1, -0.05) is 6.07 Å². The highest BCUT2D eigenvalue weighted by atomic mass is 32.1. The molecule has 26 heavy (non-hydrogen) atoms. The molecule has 134 valence electrons. The Morgan fingerprint density at radius 2 is 2.08 bits per heavy atom. The van der Waals surface area contributed by atoms with E-state index < -0.39 is 0 Å². The lowest BCUT2D eigenvalue weighted by Crippen LogP contribution is -2.49. The van der Waals surface area contributed by atoms with E-state index in [0.29, 0.717) is 12.6 Å². The Hall–Kier alpha value is -2.38. The van der Waals surface area contributed by atoms with Gasteiger partial charge in [-0.05, 0) is 23.6 Å². The number of carbonyl (C=O) groups is 1. The quantitative estimate of drug-likeness (QED) is 0.711. The zero-order chi connectivity index (χ0) is 17.7. The molecule has 5 rings (SSSR count). The van der Waals surface area contributed by atoms with Crippen molar-refractivity contribution in [2.24, 2.45) is 7.05 Å². The number of rotatable bonds is 4. The molecular weight excluding hydrogens is 346 g/mol. The average molecular weight is 367 g/mol. The van der Waals surface area contributed by atoms with Crippen molar-refractivity contribution >= 4 is 17.2 Å². The molecule has 2 atom stereocenters. The molecule has 0 bridgehead atoms. The Balaban J connectivity index is 1.44. The first-order chi connectivity index (χ1) is 12.7. The van der Waals surface area contributed by atoms with Gasteiger partial charge in [-0.2, -0.15) is 5.10 Å². The fourth-order valence-corrected chi connectivity index (χ4v) is 4.99. The molecule has 0 spiro atoms. The lowest BCUT2D eigenvalue weighted by molar-refractivity contribution is 0.0559. The zero-order valence-electron chi connectivity index (χ0n) is 14.7. The summed E-state index contributed by atoms with van der Waals surface area (Å²) in [5.41, 5.74) is 2.03. The normalized spacial score (nSPS) is 22.7. The number of thiophene rings is 1. The second-order valence-electron chi connectivity index (χ2n) is 7.16. The summed E-state index contributed by atoms with van der Waals surface area (Å²) in [5, 5.41) is 6.35. The van der Waals surface area contributed by atoms with Crippen LogP contribution in [-0.2, 0) is 20.1 Å². The minimum absolute atomic E-state index is 0.146. The van der Waals surface area contributed by atoms with Crippen molar-refractivity contribution in [1.82, 2.24) is 24.1 Å². The van der Waals surface area contributed by atoms with E-state index in [1.807, 2.05) is 30.1 Å². The van der Waals surface area contributed by atoms with Gasteiger partial charge in [0.15, 0.2) is 0 Å². The standard InChI is InChI=1S/C19H21N5OS/c1-21-9-14(8-20-21)10-22-12-17-18(13-22)24(11-15-4-3-7-26-15)19(25)16-5-2-6-23(16)17/h2-9,17-18H,10-13H2,1H3/t17-,18+/m0/s1. The molecule has 0 radical (unpaired) electrons. The van der Waals surface area contributed by atoms with Crippen LogP contribution in [0.1, 0.15) is 27.0 Å². The van der Waals surface area contributed by atoms with Gasteiger partial charge < -0.3 is 9.47 Å². The lowest BCUT2D eigenvalue weighted by atomic mass is 10.1. The minimum Gasteiger partial charge on any atom is -0.337 e. The first kappa shape index (κ1) is 15.8. The highest BCUT2D eigenvalue weighted by molar-refractivity contribution is 7.09. The summed E-state index contributed by atoms with van der Waals surface area (Å²) in [6, 6.07) is 8.63. The van der Waals surface area contributed by atoms with Gasteiger partial charge in [-0.3, -0.25) is 14.4 Å². The van der Waals surface area contributed by atoms with Gasteiger partial charge in [-0.25, -0.2) is 0 Å². The molecule has 0 aromatic carbocycles. The van der Waals surface area contributed by atoms with Crippen LogP contribution in [0, 0.1) is 0 Å². The molecule has 1 saturated heterocycles. The van der Waals surface area contributed by atoms with Crippen LogP contribution in [0.2, 0.25) is 0 Å². The Bertz CT molecular complexity index is 928. The molecule has 7 heteroatoms. The van der Waals surface area contributed by atoms with E-state index in [1.54, 1.807) is 11.3 Å². The molecule has 2 aliphatic heterocycles. The Kier molecular flexibility index (Phi) is 3.72. The van der Waals surface area contributed by atoms with Gasteiger partial charge in [-0.15, -0.1) is 11.3 Å². The molecule has 0 unspecified atom stereocenters. The number of hydrogen-bond donors (Lipinski definition) is 0. The third kappa shape index (κ3) is 2.59. The van der Waals surface area contributed by atoms with Crippen molar-refractivity contribution in [2.45, 2.75) is 25.2 Å². The summed E-state index contributed by atoms with van der Waals surface area (Å²) in [6.07, 6.45) is 6.05. The Labute approximate surface area is 156 Å². The Morgan fingerprint density at radius 1 is 1.19 bits per heavy atom. The molecule has 6 nitrogen and oxygen atoms in total. The van der Waals surface area contributed by atoms with Gasteiger partial charge in [0.2, 0.25) is 0 Å². The summed E-state index contributed by atoms with van der Waals surface area (Å²) < 4.78 is 4.02. The molecule has 1 amide bonds. The summed E-state index contributed by atoms with van der Waals surface area (Å²) in [6.45, 7) is 3.42. The predicted octanol–water partition coefficient (Wildman–Crippen LogP) is 2.36. The van der Waals surface area contributed by atoms with Gasteiger partial charge >= 0.3 is 0 Å². The van der Waals surface area contributed by atoms with Crippen molar-refractivity contribution in [1.29, 1.82) is 0 Å². The van der Waals surface area contributed by atoms with Crippen molar-refractivity contribution in [3.05, 3.63) is 64.4 Å². The number of nitrogens with zero attached hydrogens (tertiary/aromatic N) is 5. The number of likely N-dealkylation sites (tertiary alicyclic amines) is 1. The lowest BCUT2D eigenvalue weighted by Gasteiger charge is -2.38. The topological polar surface area (TPSA) is 46.3 Å². The molecule has 5 heterocycles. The van der Waals surface area contributed by atoms with E-state index in [4.69, 9.17) is 0 Å². The highest BCUT2D eigenvalue weighted by Gasteiger charge is 2.44. The van der Waals surface area contributed by atoms with E-state index in [2.05, 4.69) is 49.4 Å². The van der Waals surface area contributed by atoms with Gasteiger partial charge in [0.25, 0.3) is 5.91 Å². The van der Waals surface area contributed by atoms with Crippen LogP contribution in [0.5, 0.6) is 0 Å². The molecule has 1 fully saturated rings. The van der Waals surface area contributed by atoms with Gasteiger partial charge in [0.05, 0.1) is 24.8 Å². The number of aromatic nitrogens is 3. The molecule has 0 N–H and O–H groups in total. The third-order valence-corrected chi connectivity index (χ3v) is 6.28. The van der Waals surface area contributed by atoms with Crippen molar-refractivity contribution < 1.29 is 4.79 Å². The molecule has 3 aromatic rings. The van der Waals surface area contributed by atoms with Crippen LogP contribution in [0.25, 0.3) is 0 Å². The zero-order valence-corrected chi connectivity index (χ0v) is 15.5. The monoisotopic (exact) mass is 367 g/mol. The smallest absolute Gasteiger partial charge is 0.271 e. The van der Waals surface area contributed by atoms with E-state index in [1.165, 1.54) is 10.4 Å². The van der Waals surface area contributed by atoms with Crippen LogP contribution < -0.4 is 0 Å². The molecule has 0 aliphatic carbocycles. The molecular formula is C19H21N5OS.